The number of nitrogens with zero attached hydrogens (tertiary/aromatic N) is 1. The van der Waals surface area contributed by atoms with Crippen LogP contribution in [0.4, 0.5) is 0 Å². The summed E-state index contributed by atoms with van der Waals surface area (Å²) in [7, 11) is 1.78. The SMILES string of the molecule is C=C1C(O)=C(C(=O)NCCCc2c(Cl)cccc2Cl)CN1C. The molecular formula is C16H18Cl2N2O2. The summed E-state index contributed by atoms with van der Waals surface area (Å²) < 4.78 is 0. The summed E-state index contributed by atoms with van der Waals surface area (Å²) in [5, 5.41) is 13.9. The summed E-state index contributed by atoms with van der Waals surface area (Å²) in [5.74, 6) is -0.303. The van der Waals surface area contributed by atoms with Crippen LogP contribution in [0.5, 0.6) is 0 Å². The lowest BCUT2D eigenvalue weighted by atomic mass is 10.1. The molecule has 0 aromatic heterocycles. The highest BCUT2D eigenvalue weighted by atomic mass is 35.5. The molecule has 1 heterocycles. The average Bonchev–Trinajstić information content (AvgIpc) is 2.73. The summed E-state index contributed by atoms with van der Waals surface area (Å²) in [5.41, 5.74) is 1.70. The lowest BCUT2D eigenvalue weighted by Crippen LogP contribution is -2.28. The molecule has 0 fully saturated rings. The van der Waals surface area contributed by atoms with E-state index in [1.165, 1.54) is 0 Å². The first kappa shape index (κ1) is 16.7. The molecule has 0 spiro atoms. The molecule has 22 heavy (non-hydrogen) atoms. The van der Waals surface area contributed by atoms with Gasteiger partial charge in [0.2, 0.25) is 0 Å². The molecule has 1 aliphatic rings. The smallest absolute Gasteiger partial charge is 0.252 e. The molecule has 1 aromatic rings. The minimum Gasteiger partial charge on any atom is -0.505 e. The van der Waals surface area contributed by atoms with Crippen molar-refractivity contribution in [2.45, 2.75) is 12.8 Å². The Balaban J connectivity index is 1.85. The van der Waals surface area contributed by atoms with Gasteiger partial charge < -0.3 is 15.3 Å². The van der Waals surface area contributed by atoms with Crippen molar-refractivity contribution in [3.63, 3.8) is 0 Å². The van der Waals surface area contributed by atoms with Gasteiger partial charge in [0.25, 0.3) is 5.91 Å². The van der Waals surface area contributed by atoms with Gasteiger partial charge in [-0.15, -0.1) is 0 Å². The third-order valence-corrected chi connectivity index (χ3v) is 4.35. The average molecular weight is 341 g/mol. The first-order valence-electron chi connectivity index (χ1n) is 6.95. The van der Waals surface area contributed by atoms with Gasteiger partial charge in [-0.2, -0.15) is 0 Å². The van der Waals surface area contributed by atoms with Crippen molar-refractivity contribution in [1.29, 1.82) is 0 Å². The van der Waals surface area contributed by atoms with Gasteiger partial charge >= 0.3 is 0 Å². The van der Waals surface area contributed by atoms with Crippen LogP contribution in [0.3, 0.4) is 0 Å². The van der Waals surface area contributed by atoms with Gasteiger partial charge in [0.05, 0.1) is 17.8 Å². The number of benzene rings is 1. The Morgan fingerprint density at radius 2 is 2.05 bits per heavy atom. The predicted molar refractivity (Wildman–Crippen MR) is 89.2 cm³/mol. The van der Waals surface area contributed by atoms with Crippen LogP contribution >= 0.6 is 23.2 Å². The quantitative estimate of drug-likeness (QED) is 0.808. The minimum absolute atomic E-state index is 0.0332. The maximum atomic E-state index is 12.0. The van der Waals surface area contributed by atoms with Crippen LogP contribution in [0, 0.1) is 0 Å². The molecular weight excluding hydrogens is 323 g/mol. The number of nitrogens with one attached hydrogen (secondary N) is 1. The molecule has 0 unspecified atom stereocenters. The van der Waals surface area contributed by atoms with Gasteiger partial charge in [-0.25, -0.2) is 0 Å². The standard InChI is InChI=1S/C16H18Cl2N2O2/c1-10-15(21)12(9-20(10)2)16(22)19-8-4-5-11-13(17)6-3-7-14(11)18/h3,6-7,21H,1,4-5,8-9H2,2H3,(H,19,22). The van der Waals surface area contributed by atoms with Crippen LogP contribution in [0.2, 0.25) is 10.0 Å². The minimum atomic E-state index is -0.270. The highest BCUT2D eigenvalue weighted by molar-refractivity contribution is 6.35. The Morgan fingerprint density at radius 1 is 1.41 bits per heavy atom. The van der Waals surface area contributed by atoms with Crippen molar-refractivity contribution in [3.05, 3.63) is 57.4 Å². The fourth-order valence-corrected chi connectivity index (χ4v) is 2.87. The fraction of sp³-hybridized carbons (Fsp3) is 0.312. The third kappa shape index (κ3) is 3.57. The van der Waals surface area contributed by atoms with Gasteiger partial charge in [0.15, 0.2) is 0 Å². The zero-order valence-corrected chi connectivity index (χ0v) is 13.8. The molecule has 0 saturated heterocycles. The van der Waals surface area contributed by atoms with Crippen LogP contribution in [0.15, 0.2) is 41.8 Å². The highest BCUT2D eigenvalue weighted by Gasteiger charge is 2.26. The Morgan fingerprint density at radius 3 is 2.59 bits per heavy atom. The van der Waals surface area contributed by atoms with E-state index in [1.54, 1.807) is 30.1 Å². The maximum Gasteiger partial charge on any atom is 0.252 e. The Kier molecular flexibility index (Phi) is 5.37. The summed E-state index contributed by atoms with van der Waals surface area (Å²) >= 11 is 12.2. The molecule has 0 bridgehead atoms. The zero-order chi connectivity index (χ0) is 16.3. The Hall–Kier alpha value is -1.65. The normalized spacial score (nSPS) is 14.7. The number of likely N-dealkylation sites (N-methyl/N-ethyl adjacent to an activating group) is 1. The molecule has 1 amide bonds. The van der Waals surface area contributed by atoms with Gasteiger partial charge in [0.1, 0.15) is 5.76 Å². The van der Waals surface area contributed by atoms with Crippen molar-refractivity contribution in [2.75, 3.05) is 20.1 Å². The number of carbonyl (C=O) groups is 1. The maximum absolute atomic E-state index is 12.0. The molecule has 1 aromatic carbocycles. The van der Waals surface area contributed by atoms with Crippen LogP contribution in [0.1, 0.15) is 12.0 Å². The van der Waals surface area contributed by atoms with Crippen molar-refractivity contribution < 1.29 is 9.90 Å². The Bertz CT molecular complexity index is 621. The van der Waals surface area contributed by atoms with E-state index in [0.717, 1.165) is 5.56 Å². The van der Waals surface area contributed by atoms with E-state index in [1.807, 2.05) is 0 Å². The summed E-state index contributed by atoms with van der Waals surface area (Å²) in [6.45, 7) is 4.56. The first-order valence-corrected chi connectivity index (χ1v) is 7.71. The van der Waals surface area contributed by atoms with Crippen LogP contribution in [0.25, 0.3) is 0 Å². The van der Waals surface area contributed by atoms with Crippen molar-refractivity contribution in [2.24, 2.45) is 0 Å². The van der Waals surface area contributed by atoms with E-state index < -0.39 is 0 Å². The number of hydrogen-bond acceptors (Lipinski definition) is 3. The zero-order valence-electron chi connectivity index (χ0n) is 12.3. The van der Waals surface area contributed by atoms with E-state index >= 15 is 0 Å². The summed E-state index contributed by atoms with van der Waals surface area (Å²) in [6.07, 6.45) is 1.39. The topological polar surface area (TPSA) is 52.6 Å². The van der Waals surface area contributed by atoms with Gasteiger partial charge in [-0.05, 0) is 30.5 Å². The monoisotopic (exact) mass is 340 g/mol. The number of amides is 1. The van der Waals surface area contributed by atoms with Crippen LogP contribution < -0.4 is 5.32 Å². The van der Waals surface area contributed by atoms with Gasteiger partial charge in [-0.3, -0.25) is 4.79 Å². The molecule has 0 saturated carbocycles. The largest absolute Gasteiger partial charge is 0.505 e. The molecule has 2 rings (SSSR count). The molecule has 118 valence electrons. The molecule has 1 aliphatic heterocycles. The predicted octanol–water partition coefficient (Wildman–Crippen LogP) is 3.31. The number of aliphatic hydroxyl groups excluding tert-OH is 1. The molecule has 2 N–H and O–H groups in total. The van der Waals surface area contributed by atoms with Crippen molar-refractivity contribution in [1.82, 2.24) is 10.2 Å². The van der Waals surface area contributed by atoms with Crippen LogP contribution in [-0.2, 0) is 11.2 Å². The van der Waals surface area contributed by atoms with E-state index in [-0.39, 0.29) is 11.7 Å². The van der Waals surface area contributed by atoms with E-state index in [9.17, 15) is 9.90 Å². The van der Waals surface area contributed by atoms with E-state index in [0.29, 0.717) is 47.2 Å². The first-order chi connectivity index (χ1) is 10.4. The summed E-state index contributed by atoms with van der Waals surface area (Å²) in [6, 6.07) is 5.39. The van der Waals surface area contributed by atoms with Gasteiger partial charge in [-0.1, -0.05) is 35.8 Å². The molecule has 0 aliphatic carbocycles. The number of hydrogen-bond donors (Lipinski definition) is 2. The van der Waals surface area contributed by atoms with Crippen LogP contribution in [-0.4, -0.2) is 36.1 Å². The van der Waals surface area contributed by atoms with Crippen molar-refractivity contribution in [3.8, 4) is 0 Å². The van der Waals surface area contributed by atoms with Gasteiger partial charge in [0, 0.05) is 23.6 Å². The van der Waals surface area contributed by atoms with Crippen molar-refractivity contribution >= 4 is 29.1 Å². The molecule has 0 radical (unpaired) electrons. The Labute approximate surface area is 140 Å². The second-order valence-electron chi connectivity index (χ2n) is 5.19. The molecule has 0 atom stereocenters. The van der Waals surface area contributed by atoms with E-state index in [2.05, 4.69) is 11.9 Å². The number of aliphatic hydroxyl groups is 1. The lowest BCUT2D eigenvalue weighted by molar-refractivity contribution is -0.117. The number of rotatable bonds is 5. The third-order valence-electron chi connectivity index (χ3n) is 3.64. The lowest BCUT2D eigenvalue weighted by Gasteiger charge is -2.11. The second kappa shape index (κ2) is 7.07. The number of halogens is 2. The highest BCUT2D eigenvalue weighted by Crippen LogP contribution is 2.25. The fourth-order valence-electron chi connectivity index (χ4n) is 2.29. The summed E-state index contributed by atoms with van der Waals surface area (Å²) in [4.78, 5) is 13.8. The molecule has 4 nitrogen and oxygen atoms in total. The van der Waals surface area contributed by atoms with E-state index in [4.69, 9.17) is 23.2 Å². The second-order valence-corrected chi connectivity index (χ2v) is 6.00. The number of carbonyl (C=O) groups excluding carboxylic acids is 1. The molecule has 6 heteroatoms.